The Kier molecular flexibility index (Phi) is 6.47. The molecule has 0 saturated heterocycles. The third kappa shape index (κ3) is 7.06. The molecule has 0 spiro atoms. The average Bonchev–Trinajstić information content (AvgIpc) is 2.28. The van der Waals surface area contributed by atoms with Crippen molar-refractivity contribution in [2.75, 3.05) is 27.2 Å². The molecular formula is C15H25BrN2O. The third-order valence-electron chi connectivity index (χ3n) is 2.94. The first kappa shape index (κ1) is 16.6. The van der Waals surface area contributed by atoms with Crippen molar-refractivity contribution in [3.8, 4) is 0 Å². The molecule has 2 unspecified atom stereocenters. The molecule has 0 aromatic heterocycles. The molecule has 0 fully saturated rings. The molecule has 3 nitrogen and oxygen atoms in total. The summed E-state index contributed by atoms with van der Waals surface area (Å²) in [6.07, 6.45) is 0.964. The molecule has 1 aromatic carbocycles. The van der Waals surface area contributed by atoms with Crippen molar-refractivity contribution in [3.05, 3.63) is 34.3 Å². The van der Waals surface area contributed by atoms with Gasteiger partial charge in [0, 0.05) is 23.6 Å². The van der Waals surface area contributed by atoms with Crippen LogP contribution in [0.4, 0.5) is 0 Å². The summed E-state index contributed by atoms with van der Waals surface area (Å²) < 4.78 is 1.10. The molecule has 1 rings (SSSR count). The maximum atomic E-state index is 10.2. The third-order valence-corrected chi connectivity index (χ3v) is 3.47. The van der Waals surface area contributed by atoms with E-state index in [1.165, 1.54) is 5.56 Å². The van der Waals surface area contributed by atoms with Gasteiger partial charge in [-0.3, -0.25) is 0 Å². The van der Waals surface area contributed by atoms with E-state index in [0.29, 0.717) is 19.1 Å². The summed E-state index contributed by atoms with van der Waals surface area (Å²) >= 11 is 3.44. The van der Waals surface area contributed by atoms with Crippen LogP contribution in [0.3, 0.4) is 0 Å². The number of hydrogen-bond donors (Lipinski definition) is 2. The van der Waals surface area contributed by atoms with Crippen LogP contribution in [0.25, 0.3) is 0 Å². The molecule has 2 atom stereocenters. The van der Waals surface area contributed by atoms with Crippen molar-refractivity contribution in [2.24, 2.45) is 0 Å². The monoisotopic (exact) mass is 328 g/mol. The maximum absolute atomic E-state index is 10.2. The zero-order valence-electron chi connectivity index (χ0n) is 12.3. The van der Waals surface area contributed by atoms with Crippen LogP contribution in [-0.4, -0.2) is 48.8 Å². The Morgan fingerprint density at radius 3 is 2.42 bits per heavy atom. The van der Waals surface area contributed by atoms with Gasteiger partial charge in [-0.25, -0.2) is 0 Å². The fourth-order valence-electron chi connectivity index (χ4n) is 2.18. The van der Waals surface area contributed by atoms with Crippen molar-refractivity contribution < 1.29 is 5.11 Å². The molecule has 19 heavy (non-hydrogen) atoms. The quantitative estimate of drug-likeness (QED) is 0.806. The number of nitrogens with one attached hydrogen (secondary N) is 1. The van der Waals surface area contributed by atoms with Crippen LogP contribution < -0.4 is 5.32 Å². The summed E-state index contributed by atoms with van der Waals surface area (Å²) in [5, 5.41) is 13.6. The minimum atomic E-state index is -0.697. The van der Waals surface area contributed by atoms with Crippen molar-refractivity contribution in [3.63, 3.8) is 0 Å². The molecule has 0 heterocycles. The highest BCUT2D eigenvalue weighted by molar-refractivity contribution is 9.10. The summed E-state index contributed by atoms with van der Waals surface area (Å²) in [6.45, 7) is 5.27. The number of benzene rings is 1. The molecule has 0 aliphatic carbocycles. The standard InChI is InChI=1S/C15H25BrN2O/c1-12(9-13-5-7-14(16)8-6-13)17-10-15(2,19)11-18(3)4/h5-8,12,17,19H,9-11H2,1-4H3. The van der Waals surface area contributed by atoms with Gasteiger partial charge in [-0.05, 0) is 52.1 Å². The minimum absolute atomic E-state index is 0.342. The lowest BCUT2D eigenvalue weighted by Crippen LogP contribution is -2.48. The van der Waals surface area contributed by atoms with Crippen molar-refractivity contribution >= 4 is 15.9 Å². The summed E-state index contributed by atoms with van der Waals surface area (Å²) in [5.74, 6) is 0. The van der Waals surface area contributed by atoms with Crippen molar-refractivity contribution in [2.45, 2.75) is 31.9 Å². The molecule has 4 heteroatoms. The zero-order chi connectivity index (χ0) is 14.5. The molecule has 2 N–H and O–H groups in total. The number of halogens is 1. The average molecular weight is 329 g/mol. The maximum Gasteiger partial charge on any atom is 0.0869 e. The van der Waals surface area contributed by atoms with Crippen LogP contribution in [0.5, 0.6) is 0 Å². The molecule has 0 bridgehead atoms. The van der Waals surface area contributed by atoms with Gasteiger partial charge in [-0.15, -0.1) is 0 Å². The van der Waals surface area contributed by atoms with Crippen LogP contribution in [0.15, 0.2) is 28.7 Å². The number of rotatable bonds is 7. The van der Waals surface area contributed by atoms with Gasteiger partial charge in [0.2, 0.25) is 0 Å². The Hall–Kier alpha value is -0.420. The zero-order valence-corrected chi connectivity index (χ0v) is 13.9. The fraction of sp³-hybridized carbons (Fsp3) is 0.600. The molecule has 0 aliphatic rings. The lowest BCUT2D eigenvalue weighted by atomic mass is 10.0. The lowest BCUT2D eigenvalue weighted by molar-refractivity contribution is 0.0318. The molecular weight excluding hydrogens is 304 g/mol. The van der Waals surface area contributed by atoms with Crippen LogP contribution in [0, 0.1) is 0 Å². The predicted octanol–water partition coefficient (Wildman–Crippen LogP) is 2.28. The Bertz CT molecular complexity index is 376. The molecule has 0 radical (unpaired) electrons. The first-order chi connectivity index (χ1) is 8.78. The second-order valence-electron chi connectivity index (χ2n) is 5.85. The first-order valence-corrected chi connectivity index (χ1v) is 7.43. The van der Waals surface area contributed by atoms with Gasteiger partial charge >= 0.3 is 0 Å². The van der Waals surface area contributed by atoms with Gasteiger partial charge in [0.05, 0.1) is 5.60 Å². The highest BCUT2D eigenvalue weighted by Crippen LogP contribution is 2.12. The Labute approximate surface area is 125 Å². The van der Waals surface area contributed by atoms with Gasteiger partial charge in [0.1, 0.15) is 0 Å². The highest BCUT2D eigenvalue weighted by atomic mass is 79.9. The molecule has 0 amide bonds. The largest absolute Gasteiger partial charge is 0.388 e. The van der Waals surface area contributed by atoms with Crippen molar-refractivity contribution in [1.82, 2.24) is 10.2 Å². The summed E-state index contributed by atoms with van der Waals surface area (Å²) in [6, 6.07) is 8.71. The van der Waals surface area contributed by atoms with Crippen molar-refractivity contribution in [1.29, 1.82) is 0 Å². The van der Waals surface area contributed by atoms with E-state index in [9.17, 15) is 5.11 Å². The van der Waals surface area contributed by atoms with Crippen LogP contribution in [-0.2, 0) is 6.42 Å². The van der Waals surface area contributed by atoms with E-state index in [2.05, 4.69) is 52.4 Å². The topological polar surface area (TPSA) is 35.5 Å². The smallest absolute Gasteiger partial charge is 0.0869 e. The minimum Gasteiger partial charge on any atom is -0.388 e. The summed E-state index contributed by atoms with van der Waals surface area (Å²) in [7, 11) is 3.94. The van der Waals surface area contributed by atoms with Gasteiger partial charge < -0.3 is 15.3 Å². The molecule has 0 saturated carbocycles. The molecule has 0 aliphatic heterocycles. The van der Waals surface area contributed by atoms with E-state index in [0.717, 1.165) is 10.9 Å². The highest BCUT2D eigenvalue weighted by Gasteiger charge is 2.21. The SMILES string of the molecule is CC(Cc1ccc(Br)cc1)NCC(C)(O)CN(C)C. The normalized spacial score (nSPS) is 16.4. The Morgan fingerprint density at radius 1 is 1.32 bits per heavy atom. The molecule has 108 valence electrons. The lowest BCUT2D eigenvalue weighted by Gasteiger charge is -2.28. The van der Waals surface area contributed by atoms with Gasteiger partial charge in [0.15, 0.2) is 0 Å². The molecule has 1 aromatic rings. The van der Waals surface area contributed by atoms with Crippen LogP contribution >= 0.6 is 15.9 Å². The number of hydrogen-bond acceptors (Lipinski definition) is 3. The van der Waals surface area contributed by atoms with Gasteiger partial charge in [-0.2, -0.15) is 0 Å². The van der Waals surface area contributed by atoms with E-state index in [1.54, 1.807) is 0 Å². The number of likely N-dealkylation sites (N-methyl/N-ethyl adjacent to an activating group) is 1. The van der Waals surface area contributed by atoms with Crippen LogP contribution in [0.1, 0.15) is 19.4 Å². The second-order valence-corrected chi connectivity index (χ2v) is 6.76. The number of nitrogens with zero attached hydrogens (tertiary/aromatic N) is 1. The second kappa shape index (κ2) is 7.39. The Morgan fingerprint density at radius 2 is 1.89 bits per heavy atom. The van der Waals surface area contributed by atoms with E-state index in [4.69, 9.17) is 0 Å². The van der Waals surface area contributed by atoms with E-state index < -0.39 is 5.60 Å². The number of aliphatic hydroxyl groups is 1. The van der Waals surface area contributed by atoms with Gasteiger partial charge in [0.25, 0.3) is 0 Å². The fourth-order valence-corrected chi connectivity index (χ4v) is 2.44. The van der Waals surface area contributed by atoms with Gasteiger partial charge in [-0.1, -0.05) is 28.1 Å². The van der Waals surface area contributed by atoms with Crippen LogP contribution in [0.2, 0.25) is 0 Å². The predicted molar refractivity (Wildman–Crippen MR) is 84.5 cm³/mol. The van der Waals surface area contributed by atoms with E-state index >= 15 is 0 Å². The van der Waals surface area contributed by atoms with E-state index in [1.807, 2.05) is 25.9 Å². The van der Waals surface area contributed by atoms with E-state index in [-0.39, 0.29) is 0 Å². The Balaban J connectivity index is 2.39. The summed E-state index contributed by atoms with van der Waals surface area (Å²) in [4.78, 5) is 2.00. The first-order valence-electron chi connectivity index (χ1n) is 6.63. The summed E-state index contributed by atoms with van der Waals surface area (Å²) in [5.41, 5.74) is 0.604.